The summed E-state index contributed by atoms with van der Waals surface area (Å²) in [4.78, 5) is 0.317. The number of benzene rings is 1. The van der Waals surface area contributed by atoms with Gasteiger partial charge in [0.25, 0.3) is 0 Å². The maximum Gasteiger partial charge on any atom is 0.244 e. The minimum absolute atomic E-state index is 0.311. The molecular weight excluding hydrogens is 370 g/mol. The van der Waals surface area contributed by atoms with E-state index in [1.807, 2.05) is 6.07 Å². The predicted octanol–water partition coefficient (Wildman–Crippen LogP) is 3.32. The number of hydrogen-bond donors (Lipinski definition) is 0. The van der Waals surface area contributed by atoms with Gasteiger partial charge in [-0.25, -0.2) is 8.42 Å². The molecule has 0 N–H and O–H groups in total. The van der Waals surface area contributed by atoms with Crippen LogP contribution in [0, 0.1) is 0 Å². The number of alkyl halides is 1. The van der Waals surface area contributed by atoms with E-state index in [0.717, 1.165) is 23.5 Å². The molecule has 0 unspecified atom stereocenters. The fourth-order valence-electron chi connectivity index (χ4n) is 1.93. The molecular formula is C12H15BrClNO2S2. The van der Waals surface area contributed by atoms with Gasteiger partial charge in [-0.2, -0.15) is 16.1 Å². The van der Waals surface area contributed by atoms with Crippen LogP contribution in [0.5, 0.6) is 0 Å². The highest BCUT2D eigenvalue weighted by Gasteiger charge is 2.27. The van der Waals surface area contributed by atoms with Gasteiger partial charge in [0.1, 0.15) is 0 Å². The molecule has 1 aliphatic rings. The molecule has 0 radical (unpaired) electrons. The Morgan fingerprint density at radius 3 is 2.84 bits per heavy atom. The van der Waals surface area contributed by atoms with Crippen molar-refractivity contribution in [2.24, 2.45) is 0 Å². The van der Waals surface area contributed by atoms with E-state index in [-0.39, 0.29) is 0 Å². The Morgan fingerprint density at radius 1 is 1.32 bits per heavy atom. The van der Waals surface area contributed by atoms with Crippen molar-refractivity contribution < 1.29 is 8.42 Å². The lowest BCUT2D eigenvalue weighted by molar-refractivity contribution is 0.434. The molecule has 1 aromatic rings. The monoisotopic (exact) mass is 383 g/mol. The van der Waals surface area contributed by atoms with Crippen LogP contribution in [0.1, 0.15) is 12.0 Å². The molecule has 0 saturated carbocycles. The van der Waals surface area contributed by atoms with Gasteiger partial charge in [-0.3, -0.25) is 0 Å². The second-order valence-electron chi connectivity index (χ2n) is 4.27. The minimum atomic E-state index is -3.43. The summed E-state index contributed by atoms with van der Waals surface area (Å²) in [6, 6.07) is 5.23. The number of thioether (sulfide) groups is 1. The molecule has 2 rings (SSSR count). The minimum Gasteiger partial charge on any atom is -0.207 e. The second-order valence-corrected chi connectivity index (χ2v) is 8.52. The van der Waals surface area contributed by atoms with Crippen molar-refractivity contribution in [2.45, 2.75) is 17.2 Å². The van der Waals surface area contributed by atoms with Gasteiger partial charge in [0.15, 0.2) is 0 Å². The van der Waals surface area contributed by atoms with Crippen LogP contribution in [-0.4, -0.2) is 37.3 Å². The molecule has 19 heavy (non-hydrogen) atoms. The highest BCUT2D eigenvalue weighted by atomic mass is 79.9. The molecule has 0 aliphatic carbocycles. The van der Waals surface area contributed by atoms with Gasteiger partial charge >= 0.3 is 0 Å². The normalized spacial score (nSPS) is 18.2. The molecule has 1 saturated heterocycles. The SMILES string of the molecule is O=S(=O)(c1cc(CCl)ccc1Br)N1CCCSCC1. The Hall–Kier alpha value is 0.250. The summed E-state index contributed by atoms with van der Waals surface area (Å²) in [7, 11) is -3.43. The Balaban J connectivity index is 2.37. The fraction of sp³-hybridized carbons (Fsp3) is 0.500. The van der Waals surface area contributed by atoms with Crippen LogP contribution in [0.3, 0.4) is 0 Å². The fourth-order valence-corrected chi connectivity index (χ4v) is 5.55. The molecule has 0 amide bonds. The summed E-state index contributed by atoms with van der Waals surface area (Å²) >= 11 is 10.9. The van der Waals surface area contributed by atoms with Gasteiger partial charge in [-0.1, -0.05) is 6.07 Å². The first-order chi connectivity index (χ1) is 9.05. The van der Waals surface area contributed by atoms with Crippen LogP contribution in [0.25, 0.3) is 0 Å². The molecule has 1 fully saturated rings. The Bertz CT molecular complexity index is 543. The summed E-state index contributed by atoms with van der Waals surface area (Å²) in [6.07, 6.45) is 0.900. The van der Waals surface area contributed by atoms with Gasteiger partial charge in [0.2, 0.25) is 10.0 Å². The van der Waals surface area contributed by atoms with E-state index in [9.17, 15) is 8.42 Å². The summed E-state index contributed by atoms with van der Waals surface area (Å²) in [5.41, 5.74) is 0.813. The first-order valence-corrected chi connectivity index (χ1v) is 9.90. The highest BCUT2D eigenvalue weighted by molar-refractivity contribution is 9.10. The molecule has 1 heterocycles. The molecule has 106 valence electrons. The van der Waals surface area contributed by atoms with E-state index in [4.69, 9.17) is 11.6 Å². The van der Waals surface area contributed by atoms with Crippen LogP contribution >= 0.6 is 39.3 Å². The Kier molecular flexibility index (Phi) is 5.60. The van der Waals surface area contributed by atoms with Gasteiger partial charge < -0.3 is 0 Å². The molecule has 0 bridgehead atoms. The molecule has 1 aromatic carbocycles. The maximum absolute atomic E-state index is 12.7. The van der Waals surface area contributed by atoms with E-state index in [2.05, 4.69) is 15.9 Å². The number of nitrogens with zero attached hydrogens (tertiary/aromatic N) is 1. The van der Waals surface area contributed by atoms with Crippen LogP contribution in [-0.2, 0) is 15.9 Å². The van der Waals surface area contributed by atoms with Gasteiger partial charge in [0, 0.05) is 29.2 Å². The van der Waals surface area contributed by atoms with Gasteiger partial charge in [-0.05, 0) is 45.8 Å². The third kappa shape index (κ3) is 3.67. The average molecular weight is 385 g/mol. The summed E-state index contributed by atoms with van der Waals surface area (Å²) < 4.78 is 27.5. The lowest BCUT2D eigenvalue weighted by Gasteiger charge is -2.20. The van der Waals surface area contributed by atoms with Crippen LogP contribution in [0.4, 0.5) is 0 Å². The third-order valence-electron chi connectivity index (χ3n) is 2.95. The van der Waals surface area contributed by atoms with Crippen LogP contribution < -0.4 is 0 Å². The van der Waals surface area contributed by atoms with Crippen molar-refractivity contribution in [2.75, 3.05) is 24.6 Å². The molecule has 1 aliphatic heterocycles. The predicted molar refractivity (Wildman–Crippen MR) is 84.4 cm³/mol. The zero-order valence-electron chi connectivity index (χ0n) is 10.3. The van der Waals surface area contributed by atoms with Crippen molar-refractivity contribution in [3.8, 4) is 0 Å². The highest BCUT2D eigenvalue weighted by Crippen LogP contribution is 2.28. The van der Waals surface area contributed by atoms with Crippen molar-refractivity contribution in [1.29, 1.82) is 0 Å². The van der Waals surface area contributed by atoms with E-state index < -0.39 is 10.0 Å². The topological polar surface area (TPSA) is 37.4 Å². The summed E-state index contributed by atoms with van der Waals surface area (Å²) in [6.45, 7) is 1.16. The second kappa shape index (κ2) is 6.80. The van der Waals surface area contributed by atoms with Crippen molar-refractivity contribution in [3.63, 3.8) is 0 Å². The number of rotatable bonds is 3. The van der Waals surface area contributed by atoms with Crippen LogP contribution in [0.15, 0.2) is 27.6 Å². The number of sulfonamides is 1. The molecule has 0 spiro atoms. The smallest absolute Gasteiger partial charge is 0.207 e. The van der Waals surface area contributed by atoms with E-state index in [1.54, 1.807) is 28.2 Å². The Morgan fingerprint density at radius 2 is 2.11 bits per heavy atom. The molecule has 0 atom stereocenters. The van der Waals surface area contributed by atoms with Crippen molar-refractivity contribution >= 4 is 49.3 Å². The first kappa shape index (κ1) is 15.6. The summed E-state index contributed by atoms with van der Waals surface area (Å²) in [5, 5.41) is 0. The number of halogens is 2. The third-order valence-corrected chi connectivity index (χ3v) is 7.20. The molecule has 7 heteroatoms. The molecule has 3 nitrogen and oxygen atoms in total. The first-order valence-electron chi connectivity index (χ1n) is 5.98. The quantitative estimate of drug-likeness (QED) is 0.750. The van der Waals surface area contributed by atoms with Crippen molar-refractivity contribution in [3.05, 3.63) is 28.2 Å². The van der Waals surface area contributed by atoms with E-state index in [1.165, 1.54) is 0 Å². The lowest BCUT2D eigenvalue weighted by Crippen LogP contribution is -2.33. The van der Waals surface area contributed by atoms with Gasteiger partial charge in [0.05, 0.1) is 4.90 Å². The standard InChI is InChI=1S/C12H15BrClNO2S2/c13-11-3-2-10(9-14)8-12(11)19(16,17)15-4-1-6-18-7-5-15/h2-3,8H,1,4-7,9H2. The van der Waals surface area contributed by atoms with Crippen molar-refractivity contribution in [1.82, 2.24) is 4.31 Å². The zero-order valence-corrected chi connectivity index (χ0v) is 14.3. The van der Waals surface area contributed by atoms with E-state index >= 15 is 0 Å². The largest absolute Gasteiger partial charge is 0.244 e. The zero-order chi connectivity index (χ0) is 13.9. The summed E-state index contributed by atoms with van der Waals surface area (Å²) in [5.74, 6) is 2.19. The molecule has 0 aromatic heterocycles. The maximum atomic E-state index is 12.7. The van der Waals surface area contributed by atoms with E-state index in [0.29, 0.717) is 28.3 Å². The Labute approximate surface area is 131 Å². The van der Waals surface area contributed by atoms with Gasteiger partial charge in [-0.15, -0.1) is 11.6 Å². The number of hydrogen-bond acceptors (Lipinski definition) is 3. The average Bonchev–Trinajstić information content (AvgIpc) is 2.68. The lowest BCUT2D eigenvalue weighted by atomic mass is 10.2. The van der Waals surface area contributed by atoms with Crippen LogP contribution in [0.2, 0.25) is 0 Å².